The number of nitrogens with one attached hydrogen (secondary N) is 1. The van der Waals surface area contributed by atoms with Crippen LogP contribution < -0.4 is 11.0 Å². The van der Waals surface area contributed by atoms with Gasteiger partial charge in [-0.1, -0.05) is 18.2 Å². The Labute approximate surface area is 152 Å². The number of carbonyl (C=O) groups is 1. The van der Waals surface area contributed by atoms with Crippen LogP contribution >= 0.6 is 0 Å². The van der Waals surface area contributed by atoms with Crippen molar-refractivity contribution >= 4 is 22.6 Å². The van der Waals surface area contributed by atoms with Crippen LogP contribution in [-0.2, 0) is 16.1 Å². The van der Waals surface area contributed by atoms with E-state index >= 15 is 0 Å². The lowest BCUT2D eigenvalue weighted by Gasteiger charge is -2.23. The smallest absolute Gasteiger partial charge is 0.333 e. The van der Waals surface area contributed by atoms with E-state index < -0.39 is 0 Å². The van der Waals surface area contributed by atoms with Crippen molar-refractivity contribution in [1.29, 1.82) is 0 Å². The Hall–Kier alpha value is -2.34. The van der Waals surface area contributed by atoms with Gasteiger partial charge in [-0.2, -0.15) is 0 Å². The Morgan fingerprint density at radius 2 is 1.92 bits per heavy atom. The number of carbonyl (C=O) groups excluding carboxylic acids is 1. The molecule has 1 aliphatic carbocycles. The average Bonchev–Trinajstić information content (AvgIpc) is 2.95. The molecule has 26 heavy (non-hydrogen) atoms. The first kappa shape index (κ1) is 17.1. The molecule has 0 saturated carbocycles. The SMILES string of the molecule is O=C(Cn1c(=O)n(C2=CCCCC2)c2ccccc21)NC1CCOCC1. The van der Waals surface area contributed by atoms with Gasteiger partial charge in [0.1, 0.15) is 6.54 Å². The minimum atomic E-state index is -0.124. The topological polar surface area (TPSA) is 65.3 Å². The van der Waals surface area contributed by atoms with Crippen molar-refractivity contribution < 1.29 is 9.53 Å². The Morgan fingerprint density at radius 3 is 2.65 bits per heavy atom. The lowest BCUT2D eigenvalue weighted by atomic mass is 10.0. The van der Waals surface area contributed by atoms with Crippen LogP contribution in [0, 0.1) is 0 Å². The van der Waals surface area contributed by atoms with Gasteiger partial charge in [-0.15, -0.1) is 0 Å². The molecule has 1 saturated heterocycles. The molecule has 1 fully saturated rings. The highest BCUT2D eigenvalue weighted by atomic mass is 16.5. The zero-order valence-electron chi connectivity index (χ0n) is 14.9. The maximum Gasteiger partial charge on any atom is 0.333 e. The number of benzene rings is 1. The molecule has 0 atom stereocenters. The minimum Gasteiger partial charge on any atom is -0.381 e. The summed E-state index contributed by atoms with van der Waals surface area (Å²) in [6.45, 7) is 1.41. The van der Waals surface area contributed by atoms with Gasteiger partial charge in [0.2, 0.25) is 5.91 Å². The molecule has 2 aliphatic rings. The summed E-state index contributed by atoms with van der Waals surface area (Å²) in [6.07, 6.45) is 7.99. The van der Waals surface area contributed by atoms with E-state index in [1.807, 2.05) is 24.3 Å². The molecule has 1 aromatic heterocycles. The fraction of sp³-hybridized carbons (Fsp3) is 0.500. The number of para-hydroxylation sites is 2. The summed E-state index contributed by atoms with van der Waals surface area (Å²) in [4.78, 5) is 25.6. The summed E-state index contributed by atoms with van der Waals surface area (Å²) in [5.74, 6) is -0.112. The molecule has 0 unspecified atom stereocenters. The molecule has 0 spiro atoms. The van der Waals surface area contributed by atoms with Crippen LogP contribution in [0.3, 0.4) is 0 Å². The quantitative estimate of drug-likeness (QED) is 0.916. The van der Waals surface area contributed by atoms with Gasteiger partial charge >= 0.3 is 5.69 Å². The summed E-state index contributed by atoms with van der Waals surface area (Å²) in [6, 6.07) is 7.86. The van der Waals surface area contributed by atoms with Crippen LogP contribution in [0.1, 0.15) is 38.5 Å². The number of allylic oxidation sites excluding steroid dienone is 2. The van der Waals surface area contributed by atoms with E-state index in [4.69, 9.17) is 4.74 Å². The van der Waals surface area contributed by atoms with Crippen molar-refractivity contribution in [2.75, 3.05) is 13.2 Å². The molecular weight excluding hydrogens is 330 g/mol. The molecule has 2 heterocycles. The second kappa shape index (κ2) is 7.50. The standard InChI is InChI=1S/C20H25N3O3/c24-19(21-15-10-12-26-13-11-15)14-22-17-8-4-5-9-18(17)23(20(22)25)16-6-2-1-3-7-16/h4-6,8-9,15H,1-3,7,10-14H2,(H,21,24). The third kappa shape index (κ3) is 3.33. The number of hydrogen-bond acceptors (Lipinski definition) is 3. The molecule has 1 aliphatic heterocycles. The third-order valence-corrected chi connectivity index (χ3v) is 5.28. The van der Waals surface area contributed by atoms with E-state index in [0.717, 1.165) is 48.8 Å². The molecule has 1 N–H and O–H groups in total. The summed E-state index contributed by atoms with van der Waals surface area (Å²) in [5, 5.41) is 3.05. The van der Waals surface area contributed by atoms with E-state index in [1.165, 1.54) is 6.42 Å². The van der Waals surface area contributed by atoms with E-state index in [2.05, 4.69) is 11.4 Å². The Morgan fingerprint density at radius 1 is 1.15 bits per heavy atom. The number of nitrogens with zero attached hydrogens (tertiary/aromatic N) is 2. The summed E-state index contributed by atoms with van der Waals surface area (Å²) >= 11 is 0. The van der Waals surface area contributed by atoms with Gasteiger partial charge in [0.25, 0.3) is 0 Å². The molecule has 138 valence electrons. The molecule has 6 nitrogen and oxygen atoms in total. The van der Waals surface area contributed by atoms with Gasteiger partial charge < -0.3 is 10.1 Å². The molecule has 1 amide bonds. The number of rotatable bonds is 4. The fourth-order valence-electron chi connectivity index (χ4n) is 3.92. The van der Waals surface area contributed by atoms with Crippen LogP contribution in [0.15, 0.2) is 35.1 Å². The highest BCUT2D eigenvalue weighted by molar-refractivity contribution is 5.83. The predicted molar refractivity (Wildman–Crippen MR) is 101 cm³/mol. The second-order valence-corrected chi connectivity index (χ2v) is 7.09. The predicted octanol–water partition coefficient (Wildman–Crippen LogP) is 2.51. The lowest BCUT2D eigenvalue weighted by Crippen LogP contribution is -2.41. The first-order chi connectivity index (χ1) is 12.7. The zero-order chi connectivity index (χ0) is 17.9. The monoisotopic (exact) mass is 355 g/mol. The minimum absolute atomic E-state index is 0.0526. The first-order valence-electron chi connectivity index (χ1n) is 9.51. The first-order valence-corrected chi connectivity index (χ1v) is 9.51. The number of aromatic nitrogens is 2. The van der Waals surface area contributed by atoms with Crippen molar-refractivity contribution in [2.24, 2.45) is 0 Å². The normalized spacial score (nSPS) is 18.7. The zero-order valence-corrected chi connectivity index (χ0v) is 14.9. The highest BCUT2D eigenvalue weighted by Gasteiger charge is 2.20. The molecule has 0 bridgehead atoms. The van der Waals surface area contributed by atoms with Crippen LogP contribution in [0.4, 0.5) is 0 Å². The highest BCUT2D eigenvalue weighted by Crippen LogP contribution is 2.24. The number of hydrogen-bond donors (Lipinski definition) is 1. The molecule has 4 rings (SSSR count). The van der Waals surface area contributed by atoms with E-state index in [1.54, 1.807) is 9.13 Å². The van der Waals surface area contributed by atoms with Gasteiger partial charge in [0, 0.05) is 25.0 Å². The maximum atomic E-state index is 13.1. The van der Waals surface area contributed by atoms with Crippen molar-refractivity contribution in [1.82, 2.24) is 14.5 Å². The largest absolute Gasteiger partial charge is 0.381 e. The van der Waals surface area contributed by atoms with Crippen LogP contribution in [0.5, 0.6) is 0 Å². The fourth-order valence-corrected chi connectivity index (χ4v) is 3.92. The van der Waals surface area contributed by atoms with Crippen molar-refractivity contribution in [3.05, 3.63) is 40.8 Å². The molecule has 6 heteroatoms. The Bertz CT molecular complexity index is 887. The molecular formula is C20H25N3O3. The van der Waals surface area contributed by atoms with Gasteiger partial charge in [-0.25, -0.2) is 4.79 Å². The average molecular weight is 355 g/mol. The second-order valence-electron chi connectivity index (χ2n) is 7.09. The van der Waals surface area contributed by atoms with E-state index in [9.17, 15) is 9.59 Å². The molecule has 2 aromatic rings. The Balaban J connectivity index is 1.64. The van der Waals surface area contributed by atoms with Crippen molar-refractivity contribution in [3.8, 4) is 0 Å². The lowest BCUT2D eigenvalue weighted by molar-refractivity contribution is -0.122. The van der Waals surface area contributed by atoms with Gasteiger partial charge in [0.05, 0.1) is 11.0 Å². The number of imidazole rings is 1. The van der Waals surface area contributed by atoms with E-state index in [-0.39, 0.29) is 24.2 Å². The third-order valence-electron chi connectivity index (χ3n) is 5.28. The summed E-state index contributed by atoms with van der Waals surface area (Å²) in [7, 11) is 0. The van der Waals surface area contributed by atoms with Crippen molar-refractivity contribution in [2.45, 2.75) is 51.1 Å². The molecule has 0 radical (unpaired) electrons. The van der Waals surface area contributed by atoms with Crippen LogP contribution in [-0.4, -0.2) is 34.3 Å². The van der Waals surface area contributed by atoms with Crippen LogP contribution in [0.2, 0.25) is 0 Å². The Kier molecular flexibility index (Phi) is 4.93. The number of amides is 1. The van der Waals surface area contributed by atoms with E-state index in [0.29, 0.717) is 13.2 Å². The maximum absolute atomic E-state index is 13.1. The van der Waals surface area contributed by atoms with Gasteiger partial charge in [-0.3, -0.25) is 13.9 Å². The van der Waals surface area contributed by atoms with Gasteiger partial charge in [0.15, 0.2) is 0 Å². The van der Waals surface area contributed by atoms with Crippen molar-refractivity contribution in [3.63, 3.8) is 0 Å². The molecule has 1 aromatic carbocycles. The van der Waals surface area contributed by atoms with Gasteiger partial charge in [-0.05, 0) is 50.7 Å². The van der Waals surface area contributed by atoms with Crippen LogP contribution in [0.25, 0.3) is 16.7 Å². The summed E-state index contributed by atoms with van der Waals surface area (Å²) in [5.41, 5.74) is 2.62. The number of ether oxygens (including phenoxy) is 1. The summed E-state index contributed by atoms with van der Waals surface area (Å²) < 4.78 is 8.72. The number of fused-ring (bicyclic) bond motifs is 1.